The van der Waals surface area contributed by atoms with Crippen molar-refractivity contribution in [3.63, 3.8) is 0 Å². The summed E-state index contributed by atoms with van der Waals surface area (Å²) in [5, 5.41) is 0. The molecule has 0 amide bonds. The van der Waals surface area contributed by atoms with E-state index in [0.717, 1.165) is 18.4 Å². The Morgan fingerprint density at radius 1 is 1.28 bits per heavy atom. The number of benzene rings is 1. The third kappa shape index (κ3) is 3.71. The van der Waals surface area contributed by atoms with Gasteiger partial charge in [0.1, 0.15) is 0 Å². The van der Waals surface area contributed by atoms with Crippen molar-refractivity contribution in [1.82, 2.24) is 0 Å². The van der Waals surface area contributed by atoms with Crippen LogP contribution in [-0.2, 0) is 0 Å². The lowest BCUT2D eigenvalue weighted by Gasteiger charge is -2.18. The van der Waals surface area contributed by atoms with E-state index in [9.17, 15) is 13.2 Å². The summed E-state index contributed by atoms with van der Waals surface area (Å²) in [7, 11) is 0. The zero-order chi connectivity index (χ0) is 13.2. The summed E-state index contributed by atoms with van der Waals surface area (Å²) in [5.41, 5.74) is -2.84. The quantitative estimate of drug-likeness (QED) is 0.524. The standard InChI is InChI=1S/C14H13F3S/c1-10-5-8-13(18-14(15,16)17)12(9-10)7-6-11-3-2-4-11/h5,8-9,11H,2-4H2,1H3. The van der Waals surface area contributed by atoms with Crippen LogP contribution >= 0.6 is 11.8 Å². The highest BCUT2D eigenvalue weighted by Crippen LogP contribution is 2.38. The Labute approximate surface area is 109 Å². The van der Waals surface area contributed by atoms with Crippen LogP contribution in [0.5, 0.6) is 0 Å². The van der Waals surface area contributed by atoms with Gasteiger partial charge in [-0.2, -0.15) is 13.2 Å². The Bertz CT molecular complexity index is 490. The number of rotatable bonds is 1. The predicted octanol–water partition coefficient (Wildman–Crippen LogP) is 4.76. The molecule has 0 atom stereocenters. The first kappa shape index (κ1) is 13.4. The second kappa shape index (κ2) is 5.27. The molecule has 1 aliphatic carbocycles. The maximum absolute atomic E-state index is 12.4. The van der Waals surface area contributed by atoms with Crippen LogP contribution in [0.1, 0.15) is 30.4 Å². The molecule has 0 bridgehead atoms. The summed E-state index contributed by atoms with van der Waals surface area (Å²) < 4.78 is 37.2. The molecule has 0 nitrogen and oxygen atoms in total. The number of alkyl halides is 3. The molecule has 2 rings (SSSR count). The average molecular weight is 270 g/mol. The van der Waals surface area contributed by atoms with Gasteiger partial charge in [0.05, 0.1) is 0 Å². The van der Waals surface area contributed by atoms with E-state index < -0.39 is 5.51 Å². The zero-order valence-electron chi connectivity index (χ0n) is 9.97. The molecule has 1 fully saturated rings. The molecule has 0 aromatic heterocycles. The summed E-state index contributed by atoms with van der Waals surface area (Å²) >= 11 is -0.0891. The molecule has 1 aromatic carbocycles. The maximum atomic E-state index is 12.4. The van der Waals surface area contributed by atoms with Gasteiger partial charge >= 0.3 is 5.51 Å². The molecule has 0 radical (unpaired) electrons. The number of halogens is 3. The van der Waals surface area contributed by atoms with Crippen LogP contribution in [0.25, 0.3) is 0 Å². The Balaban J connectivity index is 2.24. The van der Waals surface area contributed by atoms with Gasteiger partial charge in [-0.25, -0.2) is 0 Å². The average Bonchev–Trinajstić information content (AvgIpc) is 2.18. The molecule has 1 saturated carbocycles. The van der Waals surface area contributed by atoms with Crippen molar-refractivity contribution < 1.29 is 13.2 Å². The molecular formula is C14H13F3S. The van der Waals surface area contributed by atoms with E-state index in [4.69, 9.17) is 0 Å². The lowest BCUT2D eigenvalue weighted by molar-refractivity contribution is -0.0328. The largest absolute Gasteiger partial charge is 0.446 e. The van der Waals surface area contributed by atoms with Crippen LogP contribution in [0.3, 0.4) is 0 Å². The molecule has 0 spiro atoms. The molecule has 4 heteroatoms. The third-order valence-electron chi connectivity index (χ3n) is 2.88. The number of aryl methyl sites for hydroxylation is 1. The smallest absolute Gasteiger partial charge is 0.160 e. The topological polar surface area (TPSA) is 0 Å². The van der Waals surface area contributed by atoms with Crippen molar-refractivity contribution in [2.24, 2.45) is 5.92 Å². The van der Waals surface area contributed by atoms with Crippen molar-refractivity contribution in [1.29, 1.82) is 0 Å². The molecule has 0 heterocycles. The minimum absolute atomic E-state index is 0.0891. The normalized spacial score (nSPS) is 15.8. The second-order valence-corrected chi connectivity index (χ2v) is 5.55. The molecule has 0 aliphatic heterocycles. The monoisotopic (exact) mass is 270 g/mol. The van der Waals surface area contributed by atoms with Gasteiger partial charge < -0.3 is 0 Å². The SMILES string of the molecule is Cc1ccc(SC(F)(F)F)c(C#CC2CCC2)c1. The third-order valence-corrected chi connectivity index (χ3v) is 3.68. The lowest BCUT2D eigenvalue weighted by Crippen LogP contribution is -2.07. The van der Waals surface area contributed by atoms with Gasteiger partial charge in [0.2, 0.25) is 0 Å². The molecule has 96 valence electrons. The fourth-order valence-corrected chi connectivity index (χ4v) is 2.29. The first-order valence-electron chi connectivity index (χ1n) is 5.82. The molecular weight excluding hydrogens is 257 g/mol. The van der Waals surface area contributed by atoms with Crippen molar-refractivity contribution in [2.45, 2.75) is 36.6 Å². The van der Waals surface area contributed by atoms with Gasteiger partial charge in [0, 0.05) is 16.4 Å². The number of hydrogen-bond donors (Lipinski definition) is 0. The van der Waals surface area contributed by atoms with Crippen LogP contribution in [0, 0.1) is 24.7 Å². The van der Waals surface area contributed by atoms with Crippen LogP contribution in [0.4, 0.5) is 13.2 Å². The van der Waals surface area contributed by atoms with Crippen LogP contribution in [-0.4, -0.2) is 5.51 Å². The van der Waals surface area contributed by atoms with Gasteiger partial charge in [-0.05, 0) is 49.2 Å². The fraction of sp³-hybridized carbons (Fsp3) is 0.429. The van der Waals surface area contributed by atoms with Gasteiger partial charge in [0.15, 0.2) is 0 Å². The Morgan fingerprint density at radius 2 is 2.00 bits per heavy atom. The highest BCUT2D eigenvalue weighted by molar-refractivity contribution is 8.00. The molecule has 0 unspecified atom stereocenters. The van der Waals surface area contributed by atoms with Crippen molar-refractivity contribution in [3.05, 3.63) is 29.3 Å². The van der Waals surface area contributed by atoms with E-state index in [1.807, 2.05) is 6.92 Å². The summed E-state index contributed by atoms with van der Waals surface area (Å²) in [4.78, 5) is 0.194. The number of thioether (sulfide) groups is 1. The van der Waals surface area contributed by atoms with E-state index in [1.165, 1.54) is 12.5 Å². The van der Waals surface area contributed by atoms with Crippen molar-refractivity contribution in [2.75, 3.05) is 0 Å². The van der Waals surface area contributed by atoms with E-state index in [-0.39, 0.29) is 16.7 Å². The van der Waals surface area contributed by atoms with Crippen LogP contribution in [0.15, 0.2) is 23.1 Å². The summed E-state index contributed by atoms with van der Waals surface area (Å²) in [5.74, 6) is 6.34. The maximum Gasteiger partial charge on any atom is 0.446 e. The lowest BCUT2D eigenvalue weighted by atomic mass is 9.86. The second-order valence-electron chi connectivity index (χ2n) is 4.44. The Kier molecular flexibility index (Phi) is 3.91. The van der Waals surface area contributed by atoms with Gasteiger partial charge in [-0.1, -0.05) is 24.3 Å². The fourth-order valence-electron chi connectivity index (χ4n) is 1.69. The van der Waals surface area contributed by atoms with Crippen LogP contribution in [0.2, 0.25) is 0 Å². The Hall–Kier alpha value is -1.08. The molecule has 18 heavy (non-hydrogen) atoms. The van der Waals surface area contributed by atoms with E-state index in [2.05, 4.69) is 11.8 Å². The van der Waals surface area contributed by atoms with E-state index in [0.29, 0.717) is 11.5 Å². The highest BCUT2D eigenvalue weighted by atomic mass is 32.2. The summed E-state index contributed by atoms with van der Waals surface area (Å²) in [6, 6.07) is 4.90. The predicted molar refractivity (Wildman–Crippen MR) is 67.3 cm³/mol. The molecule has 0 N–H and O–H groups in total. The van der Waals surface area contributed by atoms with E-state index in [1.54, 1.807) is 12.1 Å². The van der Waals surface area contributed by atoms with E-state index >= 15 is 0 Å². The molecule has 1 aliphatic rings. The first-order valence-corrected chi connectivity index (χ1v) is 6.63. The van der Waals surface area contributed by atoms with Gasteiger partial charge in [-0.15, -0.1) is 0 Å². The minimum atomic E-state index is -4.26. The van der Waals surface area contributed by atoms with Crippen LogP contribution < -0.4 is 0 Å². The van der Waals surface area contributed by atoms with Crippen molar-refractivity contribution in [3.8, 4) is 11.8 Å². The number of hydrogen-bond acceptors (Lipinski definition) is 1. The zero-order valence-corrected chi connectivity index (χ0v) is 10.8. The first-order chi connectivity index (χ1) is 8.44. The van der Waals surface area contributed by atoms with Crippen molar-refractivity contribution >= 4 is 11.8 Å². The summed E-state index contributed by atoms with van der Waals surface area (Å²) in [6.07, 6.45) is 3.32. The van der Waals surface area contributed by atoms with Gasteiger partial charge in [0.25, 0.3) is 0 Å². The molecule has 0 saturated heterocycles. The summed E-state index contributed by atoms with van der Waals surface area (Å²) in [6.45, 7) is 1.86. The minimum Gasteiger partial charge on any atom is -0.160 e. The Morgan fingerprint density at radius 3 is 2.56 bits per heavy atom. The highest BCUT2D eigenvalue weighted by Gasteiger charge is 2.30. The van der Waals surface area contributed by atoms with Gasteiger partial charge in [-0.3, -0.25) is 0 Å². The molecule has 1 aromatic rings.